The number of azide groups is 2. The van der Waals surface area contributed by atoms with E-state index in [2.05, 4.69) is 25.2 Å². The van der Waals surface area contributed by atoms with Gasteiger partial charge in [-0.1, -0.05) is 192 Å². The molecule has 1 aromatic heterocycles. The van der Waals surface area contributed by atoms with Crippen LogP contribution in [-0.2, 0) is 77.5 Å². The maximum absolute atomic E-state index is 14.4. The van der Waals surface area contributed by atoms with Crippen LogP contribution in [0.4, 0.5) is 0 Å². The fraction of sp³-hybridized carbons (Fsp3) is 0.321. The summed E-state index contributed by atoms with van der Waals surface area (Å²) in [6.45, 7) is 0.835. The van der Waals surface area contributed by atoms with Gasteiger partial charge >= 0.3 is 0 Å². The number of aromatic nitrogens is 2. The molecule has 74 heavy (non-hydrogen) atoms. The number of ether oxygens (including phenoxy) is 8. The van der Waals surface area contributed by atoms with E-state index in [0.29, 0.717) is 0 Å². The molecule has 0 N–H and O–H groups in total. The van der Waals surface area contributed by atoms with Gasteiger partial charge in [0.1, 0.15) is 48.7 Å². The fourth-order valence-electron chi connectivity index (χ4n) is 9.25. The van der Waals surface area contributed by atoms with Crippen LogP contribution in [0.25, 0.3) is 20.9 Å². The first-order chi connectivity index (χ1) is 36.6. The Labute approximate surface area is 428 Å². The van der Waals surface area contributed by atoms with Crippen molar-refractivity contribution in [3.8, 4) is 0 Å². The molecule has 380 valence electrons. The molecule has 0 radical (unpaired) electrons. The zero-order chi connectivity index (χ0) is 50.7. The highest BCUT2D eigenvalue weighted by Crippen LogP contribution is 2.44. The molecule has 0 spiro atoms. The quantitative estimate of drug-likeness (QED) is 0.0240. The summed E-state index contributed by atoms with van der Waals surface area (Å²) in [4.78, 5) is 6.76. The first-order valence-electron chi connectivity index (χ1n) is 24.4. The van der Waals surface area contributed by atoms with E-state index < -0.39 is 60.9 Å². The van der Waals surface area contributed by atoms with E-state index in [9.17, 15) is 16.3 Å². The molecule has 2 fully saturated rings. The van der Waals surface area contributed by atoms with Crippen LogP contribution in [0.15, 0.2) is 197 Å². The molecule has 0 aliphatic carbocycles. The lowest BCUT2D eigenvalue weighted by molar-refractivity contribution is -0.810. The van der Waals surface area contributed by atoms with E-state index in [1.54, 1.807) is 0 Å². The van der Waals surface area contributed by atoms with Gasteiger partial charge in [-0.25, -0.2) is 0 Å². The maximum atomic E-state index is 14.4. The Morgan fingerprint density at radius 3 is 1.11 bits per heavy atom. The smallest absolute Gasteiger partial charge is 0.253 e. The Kier molecular flexibility index (Phi) is 18.4. The fourth-order valence-corrected chi connectivity index (χ4v) is 9.25. The third kappa shape index (κ3) is 13.4. The number of hydrogen-bond acceptors (Lipinski definition) is 13. The second-order valence-corrected chi connectivity index (χ2v) is 17.8. The molecule has 2 aliphatic rings. The van der Waals surface area contributed by atoms with E-state index >= 15 is 0 Å². The molecule has 3 heterocycles. The van der Waals surface area contributed by atoms with Gasteiger partial charge in [-0.2, -0.15) is 0 Å². The van der Waals surface area contributed by atoms with Crippen molar-refractivity contribution in [2.24, 2.45) is 10.2 Å². The molecule has 18 nitrogen and oxygen atoms in total. The summed E-state index contributed by atoms with van der Waals surface area (Å²) in [7, 11) is 0. The molecule has 0 unspecified atom stereocenters. The van der Waals surface area contributed by atoms with Gasteiger partial charge < -0.3 is 43.1 Å². The minimum atomic E-state index is -1.42. The predicted octanol–water partition coefficient (Wildman–Crippen LogP) is 10.3. The second kappa shape index (κ2) is 26.5. The molecule has 0 amide bonds. The molecule has 2 saturated heterocycles. The van der Waals surface area contributed by atoms with Crippen molar-refractivity contribution in [3.05, 3.63) is 253 Å². The predicted molar refractivity (Wildman–Crippen MR) is 269 cm³/mol. The van der Waals surface area contributed by atoms with Crippen LogP contribution in [0.3, 0.4) is 0 Å². The number of rotatable bonds is 24. The van der Waals surface area contributed by atoms with Crippen LogP contribution >= 0.6 is 0 Å². The van der Waals surface area contributed by atoms with Gasteiger partial charge in [0, 0.05) is 15.0 Å². The molecule has 6 aromatic carbocycles. The normalized spacial score (nSPS) is 23.6. The first-order valence-corrected chi connectivity index (χ1v) is 24.4. The van der Waals surface area contributed by atoms with Crippen molar-refractivity contribution in [3.63, 3.8) is 0 Å². The van der Waals surface area contributed by atoms with Gasteiger partial charge in [-0.3, -0.25) is 4.63 Å². The largest absolute Gasteiger partial charge is 0.374 e. The minimum Gasteiger partial charge on any atom is -0.374 e. The summed E-state index contributed by atoms with van der Waals surface area (Å²) in [5.74, 6) is 0. The van der Waals surface area contributed by atoms with Crippen molar-refractivity contribution >= 4 is 0 Å². The molecular weight excluding hydrogens is 945 g/mol. The SMILES string of the molecule is [N-]=[N+]=N[C@@H]1[C@@H](OCc2ccccc2)[C@@H](OCc2ccccc2)[C@@H](COCc2ccccc2)O[C@H]1c1no[n+]([O-])c1[C@@H]1O[C@H](COCc2ccccc2)[C@H](OCc2ccccc2)[C@H](OCc2ccccc2)[C@H]1N=[N+]=[N-]. The van der Waals surface area contributed by atoms with E-state index in [0.717, 1.165) is 33.4 Å². The topological polar surface area (TPSA) is 224 Å². The van der Waals surface area contributed by atoms with Gasteiger partial charge in [-0.15, -0.1) is 0 Å². The van der Waals surface area contributed by atoms with Crippen molar-refractivity contribution in [2.75, 3.05) is 13.2 Å². The molecule has 9 rings (SSSR count). The van der Waals surface area contributed by atoms with Crippen LogP contribution in [0, 0.1) is 5.21 Å². The van der Waals surface area contributed by atoms with Gasteiger partial charge in [0.2, 0.25) is 5.69 Å². The summed E-state index contributed by atoms with van der Waals surface area (Å²) in [5, 5.41) is 27.4. The second-order valence-electron chi connectivity index (χ2n) is 17.8. The summed E-state index contributed by atoms with van der Waals surface area (Å²) >= 11 is 0. The highest BCUT2D eigenvalue weighted by molar-refractivity contribution is 5.23. The van der Waals surface area contributed by atoms with E-state index in [4.69, 9.17) is 42.5 Å². The summed E-state index contributed by atoms with van der Waals surface area (Å²) < 4.78 is 59.1. The maximum Gasteiger partial charge on any atom is 0.253 e. The Balaban J connectivity index is 1.12. The third-order valence-electron chi connectivity index (χ3n) is 12.8. The van der Waals surface area contributed by atoms with Crippen molar-refractivity contribution in [1.82, 2.24) is 5.16 Å². The van der Waals surface area contributed by atoms with Crippen LogP contribution in [0.5, 0.6) is 0 Å². The lowest BCUT2D eigenvalue weighted by Crippen LogP contribution is -2.59. The van der Waals surface area contributed by atoms with E-state index in [1.165, 1.54) is 0 Å². The lowest BCUT2D eigenvalue weighted by atomic mass is 9.87. The van der Waals surface area contributed by atoms with Gasteiger partial charge in [-0.05, 0) is 49.3 Å². The minimum absolute atomic E-state index is 0.0263. The standard InChI is InChI=1S/C56H56N8O10/c57-62-59-48-53(72-45(37-66-31-39-19-7-1-8-20-39)51(68-33-41-23-11-3-12-24-41)55(48)70-35-43-27-15-5-16-28-43)47-50(64(65)74-61-47)54-49(60-63-58)56(71-36-44-29-17-6-18-30-44)52(69-34-42-25-13-4-14-26-42)46(73-54)38-67-32-40-21-9-2-10-22-40/h1-30,45-46,48-49,51-56H,31-38H2/t45-,46-,48+,49+,51+,52+,53+,54-,55-,56-/m1/s1. The van der Waals surface area contributed by atoms with Gasteiger partial charge in [0.05, 0.1) is 65.1 Å². The Morgan fingerprint density at radius 2 is 0.757 bits per heavy atom. The highest BCUT2D eigenvalue weighted by Gasteiger charge is 2.56. The average Bonchev–Trinajstić information content (AvgIpc) is 3.83. The summed E-state index contributed by atoms with van der Waals surface area (Å²) in [5.41, 5.74) is 25.6. The Bertz CT molecular complexity index is 2870. The molecular formula is C56H56N8O10. The molecule has 0 saturated carbocycles. The van der Waals surface area contributed by atoms with Crippen molar-refractivity contribution in [2.45, 2.75) is 101 Å². The Hall–Kier alpha value is -7.44. The molecule has 10 atom stereocenters. The first kappa shape index (κ1) is 51.5. The Morgan fingerprint density at radius 1 is 0.446 bits per heavy atom. The number of nitrogens with zero attached hydrogens (tertiary/aromatic N) is 8. The highest BCUT2D eigenvalue weighted by atomic mass is 16.8. The summed E-state index contributed by atoms with van der Waals surface area (Å²) in [6.07, 6.45) is -8.54. The molecule has 18 heteroatoms. The van der Waals surface area contributed by atoms with Gasteiger partial charge in [0.25, 0.3) is 5.69 Å². The van der Waals surface area contributed by atoms with Crippen LogP contribution in [0.1, 0.15) is 57.0 Å². The van der Waals surface area contributed by atoms with Crippen molar-refractivity contribution < 1.29 is 47.4 Å². The zero-order valence-electron chi connectivity index (χ0n) is 40.4. The average molecular weight is 1000 g/mol. The molecule has 2 aliphatic heterocycles. The van der Waals surface area contributed by atoms with E-state index in [-0.39, 0.29) is 69.1 Å². The molecule has 7 aromatic rings. The van der Waals surface area contributed by atoms with Crippen LogP contribution < -0.4 is 4.90 Å². The van der Waals surface area contributed by atoms with Gasteiger partial charge in [0.15, 0.2) is 0 Å². The zero-order valence-corrected chi connectivity index (χ0v) is 40.4. The monoisotopic (exact) mass is 1000 g/mol. The number of hydrogen-bond donors (Lipinski definition) is 0. The lowest BCUT2D eigenvalue weighted by Gasteiger charge is -2.45. The molecule has 0 bridgehead atoms. The van der Waals surface area contributed by atoms with Crippen LogP contribution in [-0.4, -0.2) is 67.1 Å². The third-order valence-corrected chi connectivity index (χ3v) is 12.8. The van der Waals surface area contributed by atoms with Crippen LogP contribution in [0.2, 0.25) is 0 Å². The van der Waals surface area contributed by atoms with E-state index in [1.807, 2.05) is 182 Å². The van der Waals surface area contributed by atoms with Crippen molar-refractivity contribution in [1.29, 1.82) is 0 Å². The number of benzene rings is 6. The summed E-state index contributed by atoms with van der Waals surface area (Å²) in [6, 6.07) is 55.0.